The van der Waals surface area contributed by atoms with Crippen LogP contribution in [0.5, 0.6) is 0 Å². The highest BCUT2D eigenvalue weighted by Gasteiger charge is 2.39. The summed E-state index contributed by atoms with van der Waals surface area (Å²) in [7, 11) is 0. The van der Waals surface area contributed by atoms with E-state index in [-0.39, 0.29) is 18.5 Å². The molecule has 2 aliphatic carbocycles. The van der Waals surface area contributed by atoms with Crippen molar-refractivity contribution in [3.05, 3.63) is 17.0 Å². The van der Waals surface area contributed by atoms with E-state index in [4.69, 9.17) is 0 Å². The molecule has 0 spiro atoms. The van der Waals surface area contributed by atoms with Crippen LogP contribution in [0.1, 0.15) is 68.3 Å². The fraction of sp³-hybridized carbons (Fsp3) is 0.765. The Labute approximate surface area is 139 Å². The van der Waals surface area contributed by atoms with Crippen LogP contribution in [0.25, 0.3) is 0 Å². The summed E-state index contributed by atoms with van der Waals surface area (Å²) >= 11 is 0. The monoisotopic (exact) mass is 343 g/mol. The van der Waals surface area contributed by atoms with Gasteiger partial charge in [-0.25, -0.2) is 0 Å². The van der Waals surface area contributed by atoms with Gasteiger partial charge in [0.25, 0.3) is 0 Å². The van der Waals surface area contributed by atoms with Crippen LogP contribution in [-0.4, -0.2) is 21.7 Å². The molecule has 134 valence electrons. The van der Waals surface area contributed by atoms with E-state index >= 15 is 0 Å². The van der Waals surface area contributed by atoms with Crippen LogP contribution in [0.3, 0.4) is 0 Å². The van der Waals surface area contributed by atoms with Crippen LogP contribution < -0.4 is 5.32 Å². The molecule has 0 aromatic carbocycles. The zero-order chi connectivity index (χ0) is 17.2. The molecule has 0 saturated heterocycles. The molecule has 1 saturated carbocycles. The molecule has 2 aliphatic rings. The van der Waals surface area contributed by atoms with Gasteiger partial charge in [0.1, 0.15) is 6.54 Å². The summed E-state index contributed by atoms with van der Waals surface area (Å²) in [6, 6.07) is 0.155. The molecule has 7 heteroatoms. The van der Waals surface area contributed by atoms with Crippen molar-refractivity contribution in [2.24, 2.45) is 0 Å². The lowest BCUT2D eigenvalue weighted by Crippen LogP contribution is -2.38. The molecule has 1 N–H and O–H groups in total. The summed E-state index contributed by atoms with van der Waals surface area (Å²) in [5.74, 6) is -0.231. The average Bonchev–Trinajstić information content (AvgIpc) is 2.71. The average molecular weight is 343 g/mol. The van der Waals surface area contributed by atoms with Crippen molar-refractivity contribution >= 4 is 5.91 Å². The number of hydrogen-bond donors (Lipinski definition) is 1. The van der Waals surface area contributed by atoms with Gasteiger partial charge >= 0.3 is 6.18 Å². The molecule has 3 rings (SSSR count). The molecule has 0 bridgehead atoms. The number of aromatic nitrogens is 2. The first kappa shape index (κ1) is 17.3. The largest absolute Gasteiger partial charge is 0.435 e. The van der Waals surface area contributed by atoms with Crippen LogP contribution >= 0.6 is 0 Å². The van der Waals surface area contributed by atoms with Crippen LogP contribution in [0.15, 0.2) is 0 Å². The number of hydrogen-bond acceptors (Lipinski definition) is 2. The Bertz CT molecular complexity index is 589. The zero-order valence-electron chi connectivity index (χ0n) is 13.8. The van der Waals surface area contributed by atoms with Crippen molar-refractivity contribution in [1.29, 1.82) is 0 Å². The van der Waals surface area contributed by atoms with Gasteiger partial charge in [0.15, 0.2) is 5.69 Å². The van der Waals surface area contributed by atoms with E-state index in [0.717, 1.165) is 44.9 Å². The van der Waals surface area contributed by atoms with Crippen LogP contribution in [0.4, 0.5) is 13.2 Å². The van der Waals surface area contributed by atoms with Crippen molar-refractivity contribution < 1.29 is 18.0 Å². The summed E-state index contributed by atoms with van der Waals surface area (Å²) in [6.07, 6.45) is 4.31. The number of alkyl halides is 3. The highest BCUT2D eigenvalue weighted by atomic mass is 19.4. The highest BCUT2D eigenvalue weighted by molar-refractivity contribution is 5.76. The number of fused-ring (bicyclic) bond motifs is 1. The van der Waals surface area contributed by atoms with E-state index in [9.17, 15) is 18.0 Å². The normalized spacial score (nSPS) is 19.6. The quantitative estimate of drug-likeness (QED) is 0.852. The number of carbonyl (C=O) groups excluding carboxylic acids is 1. The van der Waals surface area contributed by atoms with Gasteiger partial charge < -0.3 is 5.32 Å². The van der Waals surface area contributed by atoms with Gasteiger partial charge in [-0.15, -0.1) is 0 Å². The third kappa shape index (κ3) is 3.92. The third-order valence-electron chi connectivity index (χ3n) is 5.04. The molecule has 0 radical (unpaired) electrons. The standard InChI is InChI=1S/C17H24F3N3O/c18-17(19,20)16-13-9-5-2-6-10-14(13)23(22-16)11-15(24)21-12-7-3-1-4-8-12/h12H,1-11H2,(H,21,24). The minimum Gasteiger partial charge on any atom is -0.352 e. The minimum absolute atomic E-state index is 0.116. The molecule has 1 aromatic rings. The molecule has 24 heavy (non-hydrogen) atoms. The molecular weight excluding hydrogens is 319 g/mol. The van der Waals surface area contributed by atoms with Crippen LogP contribution in [0, 0.1) is 0 Å². The molecule has 0 atom stereocenters. The molecule has 4 nitrogen and oxygen atoms in total. The van der Waals surface area contributed by atoms with Gasteiger partial charge in [-0.05, 0) is 38.5 Å². The van der Waals surface area contributed by atoms with Gasteiger partial charge in [-0.1, -0.05) is 25.7 Å². The molecule has 0 aliphatic heterocycles. The Hall–Kier alpha value is -1.53. The first-order chi connectivity index (χ1) is 11.4. The molecule has 1 aromatic heterocycles. The summed E-state index contributed by atoms with van der Waals surface area (Å²) in [6.45, 7) is -0.116. The predicted octanol–water partition coefficient (Wildman–Crippen LogP) is 3.62. The van der Waals surface area contributed by atoms with E-state index in [1.165, 1.54) is 11.1 Å². The van der Waals surface area contributed by atoms with Crippen molar-refractivity contribution in [3.8, 4) is 0 Å². The summed E-state index contributed by atoms with van der Waals surface area (Å²) in [5.41, 5.74) is 0.0916. The van der Waals surface area contributed by atoms with E-state index in [0.29, 0.717) is 24.1 Å². The van der Waals surface area contributed by atoms with Gasteiger partial charge in [0.2, 0.25) is 5.91 Å². The lowest BCUT2D eigenvalue weighted by Gasteiger charge is -2.22. The van der Waals surface area contributed by atoms with Crippen molar-refractivity contribution in [2.75, 3.05) is 0 Å². The summed E-state index contributed by atoms with van der Waals surface area (Å²) in [5, 5.41) is 6.73. The third-order valence-corrected chi connectivity index (χ3v) is 5.04. The second kappa shape index (κ2) is 7.15. The lowest BCUT2D eigenvalue weighted by atomic mass is 9.95. The Morgan fingerprint density at radius 1 is 1.08 bits per heavy atom. The second-order valence-corrected chi connectivity index (χ2v) is 6.89. The number of amides is 1. The van der Waals surface area contributed by atoms with Crippen molar-refractivity contribution in [1.82, 2.24) is 15.1 Å². The Kier molecular flexibility index (Phi) is 5.15. The van der Waals surface area contributed by atoms with Crippen molar-refractivity contribution in [3.63, 3.8) is 0 Å². The predicted molar refractivity (Wildman–Crippen MR) is 83.5 cm³/mol. The molecular formula is C17H24F3N3O. The number of carbonyl (C=O) groups is 1. The molecule has 1 fully saturated rings. The first-order valence-electron chi connectivity index (χ1n) is 8.90. The Morgan fingerprint density at radius 2 is 1.75 bits per heavy atom. The van der Waals surface area contributed by atoms with Crippen molar-refractivity contribution in [2.45, 2.75) is 83.0 Å². The van der Waals surface area contributed by atoms with E-state index in [1.54, 1.807) is 0 Å². The highest BCUT2D eigenvalue weighted by Crippen LogP contribution is 2.35. The fourth-order valence-electron chi connectivity index (χ4n) is 3.86. The molecule has 0 unspecified atom stereocenters. The maximum absolute atomic E-state index is 13.3. The zero-order valence-corrected chi connectivity index (χ0v) is 13.8. The van der Waals surface area contributed by atoms with Crippen LogP contribution in [-0.2, 0) is 30.4 Å². The van der Waals surface area contributed by atoms with Gasteiger partial charge in [0, 0.05) is 17.3 Å². The molecule has 1 amide bonds. The number of nitrogens with one attached hydrogen (secondary N) is 1. The second-order valence-electron chi connectivity index (χ2n) is 6.89. The minimum atomic E-state index is -4.46. The van der Waals surface area contributed by atoms with Gasteiger partial charge in [0.05, 0.1) is 0 Å². The topological polar surface area (TPSA) is 46.9 Å². The SMILES string of the molecule is O=C(Cn1nc(C(F)(F)F)c2c1CCCCC2)NC1CCCCC1. The van der Waals surface area contributed by atoms with E-state index < -0.39 is 11.9 Å². The first-order valence-corrected chi connectivity index (χ1v) is 8.90. The van der Waals surface area contributed by atoms with Crippen LogP contribution in [0.2, 0.25) is 0 Å². The maximum atomic E-state index is 13.3. The van der Waals surface area contributed by atoms with E-state index in [2.05, 4.69) is 10.4 Å². The molecule has 1 heterocycles. The fourth-order valence-corrected chi connectivity index (χ4v) is 3.86. The number of nitrogens with zero attached hydrogens (tertiary/aromatic N) is 2. The van der Waals surface area contributed by atoms with Gasteiger partial charge in [-0.2, -0.15) is 18.3 Å². The summed E-state index contributed by atoms with van der Waals surface area (Å²) < 4.78 is 41.1. The Morgan fingerprint density at radius 3 is 2.46 bits per heavy atom. The number of rotatable bonds is 3. The lowest BCUT2D eigenvalue weighted by molar-refractivity contribution is -0.142. The summed E-state index contributed by atoms with van der Waals surface area (Å²) in [4.78, 5) is 12.3. The maximum Gasteiger partial charge on any atom is 0.435 e. The van der Waals surface area contributed by atoms with E-state index in [1.807, 2.05) is 0 Å². The smallest absolute Gasteiger partial charge is 0.352 e. The number of halogens is 3. The Balaban J connectivity index is 1.77. The van der Waals surface area contributed by atoms with Gasteiger partial charge in [-0.3, -0.25) is 9.48 Å².